The number of fused-ring (bicyclic) bond motifs is 1. The SMILES string of the molecule is Cc1nc(CCNC(=O)c2ccc3nc(-c4ccccc4)cn3c2)cc(=O)[nH]1. The van der Waals surface area contributed by atoms with Gasteiger partial charge in [-0.05, 0) is 19.1 Å². The molecule has 0 radical (unpaired) electrons. The average Bonchev–Trinajstić information content (AvgIpc) is 3.11. The second kappa shape index (κ2) is 7.48. The van der Waals surface area contributed by atoms with Gasteiger partial charge in [0.25, 0.3) is 11.5 Å². The van der Waals surface area contributed by atoms with Crippen LogP contribution in [-0.2, 0) is 6.42 Å². The number of amides is 1. The summed E-state index contributed by atoms with van der Waals surface area (Å²) in [4.78, 5) is 35.4. The van der Waals surface area contributed by atoms with Crippen molar-refractivity contribution in [3.05, 3.63) is 88.4 Å². The summed E-state index contributed by atoms with van der Waals surface area (Å²) in [5.74, 6) is 0.382. The van der Waals surface area contributed by atoms with E-state index < -0.39 is 0 Å². The summed E-state index contributed by atoms with van der Waals surface area (Å²) < 4.78 is 1.85. The molecule has 3 aromatic heterocycles. The smallest absolute Gasteiger partial charge is 0.252 e. The lowest BCUT2D eigenvalue weighted by atomic mass is 10.2. The Morgan fingerprint density at radius 3 is 2.71 bits per heavy atom. The Balaban J connectivity index is 1.46. The van der Waals surface area contributed by atoms with Gasteiger partial charge in [0.2, 0.25) is 0 Å². The zero-order valence-corrected chi connectivity index (χ0v) is 15.3. The van der Waals surface area contributed by atoms with E-state index in [4.69, 9.17) is 0 Å². The summed E-state index contributed by atoms with van der Waals surface area (Å²) in [6.45, 7) is 2.12. The van der Waals surface area contributed by atoms with Crippen molar-refractivity contribution in [2.75, 3.05) is 6.54 Å². The molecular weight excluding hydrogens is 354 g/mol. The van der Waals surface area contributed by atoms with Crippen LogP contribution in [0.5, 0.6) is 0 Å². The number of imidazole rings is 1. The van der Waals surface area contributed by atoms with Crippen LogP contribution in [0.25, 0.3) is 16.9 Å². The maximum Gasteiger partial charge on any atom is 0.252 e. The molecule has 140 valence electrons. The van der Waals surface area contributed by atoms with Crippen LogP contribution in [0, 0.1) is 6.92 Å². The standard InChI is InChI=1S/C21H19N5O2/c1-14-23-17(11-20(27)24-14)9-10-22-21(28)16-7-8-19-25-18(13-26(19)12-16)15-5-3-2-4-6-15/h2-8,11-13H,9-10H2,1H3,(H,22,28)(H,23,24,27). The molecular formula is C21H19N5O2. The maximum atomic E-state index is 12.5. The van der Waals surface area contributed by atoms with E-state index in [9.17, 15) is 9.59 Å². The Hall–Kier alpha value is -3.74. The van der Waals surface area contributed by atoms with Gasteiger partial charge in [0.15, 0.2) is 0 Å². The predicted molar refractivity (Wildman–Crippen MR) is 106 cm³/mol. The molecule has 3 heterocycles. The number of aromatic amines is 1. The molecule has 7 heteroatoms. The lowest BCUT2D eigenvalue weighted by Gasteiger charge is -2.06. The van der Waals surface area contributed by atoms with Crippen LogP contribution in [0.3, 0.4) is 0 Å². The van der Waals surface area contributed by atoms with Gasteiger partial charge in [-0.15, -0.1) is 0 Å². The number of hydrogen-bond acceptors (Lipinski definition) is 4. The molecule has 0 aliphatic carbocycles. The molecule has 1 aromatic carbocycles. The Morgan fingerprint density at radius 1 is 1.11 bits per heavy atom. The van der Waals surface area contributed by atoms with Crippen LogP contribution >= 0.6 is 0 Å². The first kappa shape index (κ1) is 17.7. The minimum Gasteiger partial charge on any atom is -0.352 e. The van der Waals surface area contributed by atoms with Gasteiger partial charge in [0.05, 0.1) is 11.3 Å². The van der Waals surface area contributed by atoms with Crippen molar-refractivity contribution in [2.45, 2.75) is 13.3 Å². The summed E-state index contributed by atoms with van der Waals surface area (Å²) >= 11 is 0. The van der Waals surface area contributed by atoms with Gasteiger partial charge in [0, 0.05) is 42.7 Å². The molecule has 0 aliphatic heterocycles. The van der Waals surface area contributed by atoms with Gasteiger partial charge in [-0.25, -0.2) is 9.97 Å². The topological polar surface area (TPSA) is 92.2 Å². The van der Waals surface area contributed by atoms with E-state index in [-0.39, 0.29) is 11.5 Å². The fraction of sp³-hybridized carbons (Fsp3) is 0.143. The van der Waals surface area contributed by atoms with E-state index in [1.807, 2.05) is 47.0 Å². The molecule has 0 fully saturated rings. The van der Waals surface area contributed by atoms with Crippen LogP contribution in [0.4, 0.5) is 0 Å². The highest BCUT2D eigenvalue weighted by Gasteiger charge is 2.09. The molecule has 28 heavy (non-hydrogen) atoms. The zero-order chi connectivity index (χ0) is 19.5. The number of hydrogen-bond donors (Lipinski definition) is 2. The van der Waals surface area contributed by atoms with E-state index in [0.29, 0.717) is 30.0 Å². The minimum absolute atomic E-state index is 0.182. The molecule has 0 atom stereocenters. The van der Waals surface area contributed by atoms with Crippen molar-refractivity contribution in [2.24, 2.45) is 0 Å². The van der Waals surface area contributed by atoms with Gasteiger partial charge in [-0.3, -0.25) is 9.59 Å². The number of benzene rings is 1. The highest BCUT2D eigenvalue weighted by Crippen LogP contribution is 2.19. The summed E-state index contributed by atoms with van der Waals surface area (Å²) in [6, 6.07) is 14.9. The van der Waals surface area contributed by atoms with Gasteiger partial charge in [-0.2, -0.15) is 0 Å². The normalized spacial score (nSPS) is 10.9. The monoisotopic (exact) mass is 373 g/mol. The van der Waals surface area contributed by atoms with Gasteiger partial charge in [-0.1, -0.05) is 30.3 Å². The Bertz CT molecular complexity index is 1190. The van der Waals surface area contributed by atoms with Crippen molar-refractivity contribution < 1.29 is 4.79 Å². The Kier molecular flexibility index (Phi) is 4.72. The lowest BCUT2D eigenvalue weighted by Crippen LogP contribution is -2.26. The molecule has 0 bridgehead atoms. The predicted octanol–water partition coefficient (Wildman–Crippen LogP) is 2.37. The van der Waals surface area contributed by atoms with Crippen LogP contribution in [-0.4, -0.2) is 31.8 Å². The Morgan fingerprint density at radius 2 is 1.93 bits per heavy atom. The molecule has 0 aliphatic rings. The van der Waals surface area contributed by atoms with Crippen molar-refractivity contribution in [1.82, 2.24) is 24.7 Å². The van der Waals surface area contributed by atoms with Crippen molar-refractivity contribution >= 4 is 11.6 Å². The summed E-state index contributed by atoms with van der Waals surface area (Å²) in [5, 5.41) is 2.86. The highest BCUT2D eigenvalue weighted by atomic mass is 16.1. The molecule has 0 unspecified atom stereocenters. The first-order valence-corrected chi connectivity index (χ1v) is 8.98. The molecule has 0 spiro atoms. The second-order valence-electron chi connectivity index (χ2n) is 6.50. The first-order chi connectivity index (χ1) is 13.6. The largest absolute Gasteiger partial charge is 0.352 e. The number of carbonyl (C=O) groups is 1. The molecule has 2 N–H and O–H groups in total. The number of pyridine rings is 1. The van der Waals surface area contributed by atoms with Crippen molar-refractivity contribution in [3.63, 3.8) is 0 Å². The van der Waals surface area contributed by atoms with E-state index in [1.54, 1.807) is 19.2 Å². The maximum absolute atomic E-state index is 12.5. The average molecular weight is 373 g/mol. The number of aryl methyl sites for hydroxylation is 1. The third kappa shape index (κ3) is 3.83. The number of rotatable bonds is 5. The van der Waals surface area contributed by atoms with Crippen LogP contribution < -0.4 is 10.9 Å². The Labute approximate surface area is 161 Å². The molecule has 7 nitrogen and oxygen atoms in total. The number of carbonyl (C=O) groups excluding carboxylic acids is 1. The minimum atomic E-state index is -0.186. The molecule has 1 amide bonds. The van der Waals surface area contributed by atoms with Gasteiger partial charge in [0.1, 0.15) is 11.5 Å². The van der Waals surface area contributed by atoms with Crippen molar-refractivity contribution in [3.8, 4) is 11.3 Å². The molecule has 0 saturated heterocycles. The number of nitrogens with zero attached hydrogens (tertiary/aromatic N) is 3. The third-order valence-corrected chi connectivity index (χ3v) is 4.36. The quantitative estimate of drug-likeness (QED) is 0.562. The third-order valence-electron chi connectivity index (χ3n) is 4.36. The lowest BCUT2D eigenvalue weighted by molar-refractivity contribution is 0.0953. The van der Waals surface area contributed by atoms with Gasteiger partial charge >= 0.3 is 0 Å². The zero-order valence-electron chi connectivity index (χ0n) is 15.3. The second-order valence-corrected chi connectivity index (χ2v) is 6.50. The number of H-pyrrole nitrogens is 1. The molecule has 0 saturated carbocycles. The highest BCUT2D eigenvalue weighted by molar-refractivity contribution is 5.94. The van der Waals surface area contributed by atoms with E-state index in [2.05, 4.69) is 20.3 Å². The summed E-state index contributed by atoms with van der Waals surface area (Å²) in [7, 11) is 0. The fourth-order valence-corrected chi connectivity index (χ4v) is 3.05. The summed E-state index contributed by atoms with van der Waals surface area (Å²) in [5.41, 5.74) is 3.66. The molecule has 4 aromatic rings. The first-order valence-electron chi connectivity index (χ1n) is 8.98. The van der Waals surface area contributed by atoms with Crippen molar-refractivity contribution in [1.29, 1.82) is 0 Å². The van der Waals surface area contributed by atoms with E-state index in [1.165, 1.54) is 6.07 Å². The van der Waals surface area contributed by atoms with Gasteiger partial charge < -0.3 is 14.7 Å². The molecule has 4 rings (SSSR count). The van der Waals surface area contributed by atoms with Crippen LogP contribution in [0.1, 0.15) is 21.9 Å². The van der Waals surface area contributed by atoms with E-state index in [0.717, 1.165) is 16.9 Å². The summed E-state index contributed by atoms with van der Waals surface area (Å²) in [6.07, 6.45) is 4.16. The fourth-order valence-electron chi connectivity index (χ4n) is 3.05. The van der Waals surface area contributed by atoms with Crippen LogP contribution in [0.2, 0.25) is 0 Å². The number of aromatic nitrogens is 4. The van der Waals surface area contributed by atoms with E-state index >= 15 is 0 Å². The number of nitrogens with one attached hydrogen (secondary N) is 2. The van der Waals surface area contributed by atoms with Crippen LogP contribution in [0.15, 0.2) is 65.7 Å².